The third-order valence-electron chi connectivity index (χ3n) is 2.81. The monoisotopic (exact) mass is 272 g/mol. The first kappa shape index (κ1) is 13.5. The second-order valence-electron chi connectivity index (χ2n) is 4.23. The van der Waals surface area contributed by atoms with Crippen molar-refractivity contribution in [2.24, 2.45) is 0 Å². The molecule has 0 atom stereocenters. The number of phenolic OH excluding ortho intramolecular Hbond substituents is 1. The number of nitro groups is 1. The van der Waals surface area contributed by atoms with E-state index in [1.54, 1.807) is 31.2 Å². The maximum Gasteiger partial charge on any atom is 0.274 e. The minimum Gasteiger partial charge on any atom is -0.507 e. The van der Waals surface area contributed by atoms with Gasteiger partial charge in [-0.15, -0.1) is 0 Å². The van der Waals surface area contributed by atoms with Crippen LogP contribution in [0.15, 0.2) is 42.5 Å². The van der Waals surface area contributed by atoms with Crippen LogP contribution in [0.25, 0.3) is 0 Å². The second kappa shape index (κ2) is 5.40. The molecule has 6 nitrogen and oxygen atoms in total. The van der Waals surface area contributed by atoms with Gasteiger partial charge in [-0.2, -0.15) is 0 Å². The maximum absolute atomic E-state index is 12.0. The molecule has 0 spiro atoms. The lowest BCUT2D eigenvalue weighted by atomic mass is 10.1. The zero-order valence-electron chi connectivity index (χ0n) is 10.7. The van der Waals surface area contributed by atoms with Gasteiger partial charge in [-0.1, -0.05) is 18.2 Å². The molecular formula is C14H12N2O4. The standard InChI is InChI=1S/C14H12N2O4/c1-9-6-7-10(8-12(9)16(19)20)15-14(18)11-4-2-3-5-13(11)17/h2-8,17H,1H3,(H,15,18). The number of para-hydroxylation sites is 1. The van der Waals surface area contributed by atoms with Crippen LogP contribution in [-0.2, 0) is 0 Å². The number of carbonyl (C=O) groups is 1. The van der Waals surface area contributed by atoms with E-state index in [4.69, 9.17) is 0 Å². The highest BCUT2D eigenvalue weighted by Gasteiger charge is 2.14. The number of carbonyl (C=O) groups excluding carboxylic acids is 1. The van der Waals surface area contributed by atoms with E-state index in [0.29, 0.717) is 11.3 Å². The van der Waals surface area contributed by atoms with E-state index in [2.05, 4.69) is 5.32 Å². The van der Waals surface area contributed by atoms with Gasteiger partial charge >= 0.3 is 0 Å². The van der Waals surface area contributed by atoms with Crippen LogP contribution >= 0.6 is 0 Å². The number of rotatable bonds is 3. The summed E-state index contributed by atoms with van der Waals surface area (Å²) in [6, 6.07) is 10.5. The summed E-state index contributed by atoms with van der Waals surface area (Å²) in [5.41, 5.74) is 0.849. The van der Waals surface area contributed by atoms with E-state index in [1.807, 2.05) is 0 Å². The number of benzene rings is 2. The average molecular weight is 272 g/mol. The molecule has 2 N–H and O–H groups in total. The highest BCUT2D eigenvalue weighted by Crippen LogP contribution is 2.23. The lowest BCUT2D eigenvalue weighted by Crippen LogP contribution is -2.12. The number of nitrogens with one attached hydrogen (secondary N) is 1. The third kappa shape index (κ3) is 2.74. The van der Waals surface area contributed by atoms with E-state index < -0.39 is 10.8 Å². The normalized spacial score (nSPS) is 10.1. The number of hydrogen-bond donors (Lipinski definition) is 2. The Kier molecular flexibility index (Phi) is 3.65. The van der Waals surface area contributed by atoms with E-state index in [1.165, 1.54) is 18.2 Å². The Hall–Kier alpha value is -2.89. The molecule has 0 bridgehead atoms. The van der Waals surface area contributed by atoms with Gasteiger partial charge in [0.25, 0.3) is 11.6 Å². The molecule has 20 heavy (non-hydrogen) atoms. The van der Waals surface area contributed by atoms with Gasteiger partial charge in [-0.3, -0.25) is 14.9 Å². The van der Waals surface area contributed by atoms with Crippen LogP contribution in [0.2, 0.25) is 0 Å². The van der Waals surface area contributed by atoms with Crippen LogP contribution in [0.4, 0.5) is 11.4 Å². The molecule has 0 aliphatic rings. The Bertz CT molecular complexity index is 683. The topological polar surface area (TPSA) is 92.5 Å². The number of nitrogens with zero attached hydrogens (tertiary/aromatic N) is 1. The summed E-state index contributed by atoms with van der Waals surface area (Å²) >= 11 is 0. The Morgan fingerprint density at radius 3 is 2.60 bits per heavy atom. The molecule has 0 aliphatic carbocycles. The van der Waals surface area contributed by atoms with E-state index in [0.717, 1.165) is 0 Å². The Balaban J connectivity index is 2.27. The minimum atomic E-state index is -0.527. The number of phenols is 1. The molecule has 0 heterocycles. The van der Waals surface area contributed by atoms with Gasteiger partial charge in [0.1, 0.15) is 5.75 Å². The van der Waals surface area contributed by atoms with Gasteiger partial charge in [0, 0.05) is 17.3 Å². The molecule has 2 aromatic rings. The molecule has 0 saturated carbocycles. The number of aromatic hydroxyl groups is 1. The van der Waals surface area contributed by atoms with Crippen LogP contribution < -0.4 is 5.32 Å². The van der Waals surface area contributed by atoms with Crippen LogP contribution in [-0.4, -0.2) is 15.9 Å². The van der Waals surface area contributed by atoms with Crippen LogP contribution in [0.5, 0.6) is 5.75 Å². The molecule has 0 aromatic heterocycles. The van der Waals surface area contributed by atoms with Crippen molar-refractivity contribution in [2.75, 3.05) is 5.32 Å². The van der Waals surface area contributed by atoms with Crippen molar-refractivity contribution in [3.63, 3.8) is 0 Å². The van der Waals surface area contributed by atoms with Gasteiger partial charge in [0.05, 0.1) is 10.5 Å². The van der Waals surface area contributed by atoms with Crippen molar-refractivity contribution in [2.45, 2.75) is 6.92 Å². The number of anilines is 1. The summed E-state index contributed by atoms with van der Waals surface area (Å²) in [5, 5.41) is 22.9. The second-order valence-corrected chi connectivity index (χ2v) is 4.23. The largest absolute Gasteiger partial charge is 0.507 e. The van der Waals surface area contributed by atoms with E-state index in [9.17, 15) is 20.0 Å². The SMILES string of the molecule is Cc1ccc(NC(=O)c2ccccc2O)cc1[N+](=O)[O-]. The first-order chi connectivity index (χ1) is 9.49. The van der Waals surface area contributed by atoms with Gasteiger partial charge in [0.2, 0.25) is 0 Å². The summed E-state index contributed by atoms with van der Waals surface area (Å²) < 4.78 is 0. The third-order valence-corrected chi connectivity index (χ3v) is 2.81. The molecule has 102 valence electrons. The van der Waals surface area contributed by atoms with Crippen molar-refractivity contribution in [1.82, 2.24) is 0 Å². The van der Waals surface area contributed by atoms with Gasteiger partial charge < -0.3 is 10.4 Å². The Morgan fingerprint density at radius 2 is 1.95 bits per heavy atom. The zero-order valence-corrected chi connectivity index (χ0v) is 10.7. The molecule has 6 heteroatoms. The summed E-state index contributed by atoms with van der Waals surface area (Å²) in [7, 11) is 0. The van der Waals surface area contributed by atoms with Crippen LogP contribution in [0.1, 0.15) is 15.9 Å². The molecule has 0 radical (unpaired) electrons. The van der Waals surface area contributed by atoms with Gasteiger partial charge in [-0.25, -0.2) is 0 Å². The van der Waals surface area contributed by atoms with Crippen LogP contribution in [0.3, 0.4) is 0 Å². The lowest BCUT2D eigenvalue weighted by molar-refractivity contribution is -0.385. The lowest BCUT2D eigenvalue weighted by Gasteiger charge is -2.07. The first-order valence-corrected chi connectivity index (χ1v) is 5.83. The summed E-state index contributed by atoms with van der Waals surface area (Å²) in [6.07, 6.45) is 0. The van der Waals surface area contributed by atoms with Gasteiger partial charge in [0.15, 0.2) is 0 Å². The molecule has 0 saturated heterocycles. The predicted octanol–water partition coefficient (Wildman–Crippen LogP) is 2.86. The molecule has 0 fully saturated rings. The minimum absolute atomic E-state index is 0.0694. The Labute approximate surface area is 114 Å². The van der Waals surface area contributed by atoms with E-state index >= 15 is 0 Å². The van der Waals surface area contributed by atoms with Crippen LogP contribution in [0, 0.1) is 17.0 Å². The fourth-order valence-electron chi connectivity index (χ4n) is 1.75. The van der Waals surface area contributed by atoms with Crippen molar-refractivity contribution < 1.29 is 14.8 Å². The van der Waals surface area contributed by atoms with Crippen molar-refractivity contribution >= 4 is 17.3 Å². The fourth-order valence-corrected chi connectivity index (χ4v) is 1.75. The van der Waals surface area contributed by atoms with Crippen molar-refractivity contribution in [1.29, 1.82) is 0 Å². The molecule has 1 amide bonds. The number of amides is 1. The van der Waals surface area contributed by atoms with Crippen molar-refractivity contribution in [3.05, 3.63) is 63.7 Å². The summed E-state index contributed by atoms with van der Waals surface area (Å²) in [5.74, 6) is -0.673. The number of hydrogen-bond acceptors (Lipinski definition) is 4. The number of aryl methyl sites for hydroxylation is 1. The molecule has 2 rings (SSSR count). The van der Waals surface area contributed by atoms with Gasteiger partial charge in [-0.05, 0) is 25.1 Å². The predicted molar refractivity (Wildman–Crippen MR) is 73.9 cm³/mol. The fraction of sp³-hybridized carbons (Fsp3) is 0.0714. The summed E-state index contributed by atoms with van der Waals surface area (Å²) in [6.45, 7) is 1.62. The summed E-state index contributed by atoms with van der Waals surface area (Å²) in [4.78, 5) is 22.3. The average Bonchev–Trinajstić information content (AvgIpc) is 2.41. The molecular weight excluding hydrogens is 260 g/mol. The molecule has 0 aliphatic heterocycles. The Morgan fingerprint density at radius 1 is 1.25 bits per heavy atom. The quantitative estimate of drug-likeness (QED) is 0.663. The highest BCUT2D eigenvalue weighted by atomic mass is 16.6. The smallest absolute Gasteiger partial charge is 0.274 e. The number of nitro benzene ring substituents is 1. The first-order valence-electron chi connectivity index (χ1n) is 5.83. The molecule has 2 aromatic carbocycles. The zero-order chi connectivity index (χ0) is 14.7. The highest BCUT2D eigenvalue weighted by molar-refractivity contribution is 6.06. The van der Waals surface area contributed by atoms with E-state index in [-0.39, 0.29) is 17.0 Å². The maximum atomic E-state index is 12.0. The van der Waals surface area contributed by atoms with Crippen molar-refractivity contribution in [3.8, 4) is 5.75 Å². The molecule has 0 unspecified atom stereocenters.